The molecule has 0 radical (unpaired) electrons. The Morgan fingerprint density at radius 2 is 1.68 bits per heavy atom. The van der Waals surface area contributed by atoms with Crippen molar-refractivity contribution >= 4 is 6.29 Å². The van der Waals surface area contributed by atoms with E-state index in [1.165, 1.54) is 24.3 Å². The molecule has 4 rings (SSSR count). The summed E-state index contributed by atoms with van der Waals surface area (Å²) in [7, 11) is 0. The monoisotopic (exact) mass is 335 g/mol. The largest absolute Gasteiger partial charge is 0.453 e. The molecule has 0 unspecified atom stereocenters. The van der Waals surface area contributed by atoms with E-state index in [-0.39, 0.29) is 11.7 Å². The minimum Gasteiger partial charge on any atom is -0.453 e. The lowest BCUT2D eigenvalue weighted by Gasteiger charge is -2.04. The van der Waals surface area contributed by atoms with Crippen molar-refractivity contribution < 1.29 is 18.0 Å². The predicted octanol–water partition coefficient (Wildman–Crippen LogP) is 4.01. The summed E-state index contributed by atoms with van der Waals surface area (Å²) in [5, 5.41) is 8.00. The van der Waals surface area contributed by atoms with Crippen molar-refractivity contribution in [3.63, 3.8) is 0 Å². The van der Waals surface area contributed by atoms with Gasteiger partial charge in [-0.25, -0.2) is 4.39 Å². The highest BCUT2D eigenvalue weighted by atomic mass is 19.1. The van der Waals surface area contributed by atoms with Gasteiger partial charge in [0.25, 0.3) is 0 Å². The first kappa shape index (κ1) is 14.9. The third-order valence-electron chi connectivity index (χ3n) is 3.57. The molecule has 3 heterocycles. The van der Waals surface area contributed by atoms with Crippen molar-refractivity contribution in [3.8, 4) is 34.2 Å². The topological polar surface area (TPSA) is 82.0 Å². The first-order valence-electron chi connectivity index (χ1n) is 7.34. The quantitative estimate of drug-likeness (QED) is 0.524. The Bertz CT molecular complexity index is 1040. The molecule has 0 aliphatic carbocycles. The van der Waals surface area contributed by atoms with Crippen LogP contribution in [0.25, 0.3) is 34.2 Å². The van der Waals surface area contributed by atoms with Gasteiger partial charge in [-0.3, -0.25) is 9.78 Å². The molecule has 0 saturated carbocycles. The van der Waals surface area contributed by atoms with E-state index in [0.717, 1.165) is 0 Å². The molecular weight excluding hydrogens is 325 g/mol. The van der Waals surface area contributed by atoms with Gasteiger partial charge in [-0.1, -0.05) is 0 Å². The molecule has 1 aromatic carbocycles. The standard InChI is InChI=1S/C18H10FN3O3/c19-12-1-3-14(16-4-2-13(10-23)24-16)15(9-12)18-22-21-17(25-18)11-5-7-20-8-6-11/h1-10H. The van der Waals surface area contributed by atoms with Gasteiger partial charge in [0.1, 0.15) is 11.6 Å². The van der Waals surface area contributed by atoms with E-state index < -0.39 is 5.82 Å². The van der Waals surface area contributed by atoms with E-state index in [9.17, 15) is 9.18 Å². The van der Waals surface area contributed by atoms with Crippen molar-refractivity contribution in [1.29, 1.82) is 0 Å². The van der Waals surface area contributed by atoms with Gasteiger partial charge in [0.2, 0.25) is 11.8 Å². The highest BCUT2D eigenvalue weighted by molar-refractivity contribution is 5.79. The molecular formula is C18H10FN3O3. The average molecular weight is 335 g/mol. The van der Waals surface area contributed by atoms with Crippen molar-refractivity contribution in [3.05, 3.63) is 66.4 Å². The Hall–Kier alpha value is -3.61. The maximum Gasteiger partial charge on any atom is 0.249 e. The van der Waals surface area contributed by atoms with E-state index in [2.05, 4.69) is 15.2 Å². The number of aromatic nitrogens is 3. The number of pyridine rings is 1. The second-order valence-corrected chi connectivity index (χ2v) is 5.16. The van der Waals surface area contributed by atoms with Crippen LogP contribution in [0.3, 0.4) is 0 Å². The van der Waals surface area contributed by atoms with Gasteiger partial charge in [-0.2, -0.15) is 0 Å². The van der Waals surface area contributed by atoms with Crippen LogP contribution in [0.4, 0.5) is 4.39 Å². The molecule has 0 bridgehead atoms. The molecule has 3 aromatic heterocycles. The van der Waals surface area contributed by atoms with Crippen LogP contribution in [-0.2, 0) is 0 Å². The highest BCUT2D eigenvalue weighted by Crippen LogP contribution is 2.34. The number of aldehydes is 1. The molecule has 25 heavy (non-hydrogen) atoms. The summed E-state index contributed by atoms with van der Waals surface area (Å²) in [6, 6.07) is 10.7. The predicted molar refractivity (Wildman–Crippen MR) is 86.0 cm³/mol. The Kier molecular flexibility index (Phi) is 3.66. The first-order chi connectivity index (χ1) is 12.2. The number of hydrogen-bond acceptors (Lipinski definition) is 6. The third kappa shape index (κ3) is 2.83. The van der Waals surface area contributed by atoms with Crippen LogP contribution in [0.2, 0.25) is 0 Å². The number of nitrogens with zero attached hydrogens (tertiary/aromatic N) is 3. The van der Waals surface area contributed by atoms with Crippen molar-refractivity contribution in [2.45, 2.75) is 0 Å². The van der Waals surface area contributed by atoms with Crippen LogP contribution in [0.5, 0.6) is 0 Å². The number of carbonyl (C=O) groups excluding carboxylic acids is 1. The summed E-state index contributed by atoms with van der Waals surface area (Å²) in [6.45, 7) is 0. The second kappa shape index (κ2) is 6.12. The summed E-state index contributed by atoms with van der Waals surface area (Å²) in [4.78, 5) is 14.8. The van der Waals surface area contributed by atoms with Gasteiger partial charge in [0.15, 0.2) is 12.0 Å². The van der Waals surface area contributed by atoms with Gasteiger partial charge >= 0.3 is 0 Å². The van der Waals surface area contributed by atoms with E-state index in [0.29, 0.717) is 34.6 Å². The summed E-state index contributed by atoms with van der Waals surface area (Å²) < 4.78 is 24.9. The fourth-order valence-corrected chi connectivity index (χ4v) is 2.41. The van der Waals surface area contributed by atoms with E-state index in [1.807, 2.05) is 0 Å². The number of halogens is 1. The fourth-order valence-electron chi connectivity index (χ4n) is 2.41. The molecule has 0 N–H and O–H groups in total. The zero-order chi connectivity index (χ0) is 17.2. The van der Waals surface area contributed by atoms with E-state index in [1.54, 1.807) is 30.6 Å². The average Bonchev–Trinajstić information content (AvgIpc) is 3.32. The van der Waals surface area contributed by atoms with Crippen molar-refractivity contribution in [2.24, 2.45) is 0 Å². The summed E-state index contributed by atoms with van der Waals surface area (Å²) >= 11 is 0. The number of hydrogen-bond donors (Lipinski definition) is 0. The van der Waals surface area contributed by atoms with Crippen molar-refractivity contribution in [1.82, 2.24) is 15.2 Å². The molecule has 0 fully saturated rings. The molecule has 0 aliphatic rings. The molecule has 0 spiro atoms. The smallest absolute Gasteiger partial charge is 0.249 e. The van der Waals surface area contributed by atoms with Crippen LogP contribution in [0, 0.1) is 5.82 Å². The molecule has 0 atom stereocenters. The first-order valence-corrected chi connectivity index (χ1v) is 7.34. The summed E-state index contributed by atoms with van der Waals surface area (Å²) in [5.41, 5.74) is 1.62. The zero-order valence-corrected chi connectivity index (χ0v) is 12.7. The van der Waals surface area contributed by atoms with Gasteiger partial charge in [0, 0.05) is 23.5 Å². The number of furan rings is 1. The molecule has 4 aromatic rings. The summed E-state index contributed by atoms with van der Waals surface area (Å²) in [5.74, 6) is 0.560. The van der Waals surface area contributed by atoms with Crippen LogP contribution >= 0.6 is 0 Å². The van der Waals surface area contributed by atoms with Crippen LogP contribution in [-0.4, -0.2) is 21.5 Å². The number of benzene rings is 1. The number of rotatable bonds is 4. The Morgan fingerprint density at radius 3 is 2.44 bits per heavy atom. The molecule has 0 saturated heterocycles. The Morgan fingerprint density at radius 1 is 0.880 bits per heavy atom. The molecule has 7 heteroatoms. The molecule has 0 aliphatic heterocycles. The van der Waals surface area contributed by atoms with Crippen LogP contribution in [0.1, 0.15) is 10.6 Å². The lowest BCUT2D eigenvalue weighted by Crippen LogP contribution is -1.86. The van der Waals surface area contributed by atoms with Gasteiger partial charge in [-0.15, -0.1) is 10.2 Å². The normalized spacial score (nSPS) is 10.8. The third-order valence-corrected chi connectivity index (χ3v) is 3.57. The van der Waals surface area contributed by atoms with Crippen molar-refractivity contribution in [2.75, 3.05) is 0 Å². The molecule has 0 amide bonds. The lowest BCUT2D eigenvalue weighted by molar-refractivity contribution is 0.110. The van der Waals surface area contributed by atoms with Gasteiger partial charge in [-0.05, 0) is 42.5 Å². The highest BCUT2D eigenvalue weighted by Gasteiger charge is 2.18. The van der Waals surface area contributed by atoms with Gasteiger partial charge < -0.3 is 8.83 Å². The van der Waals surface area contributed by atoms with E-state index in [4.69, 9.17) is 8.83 Å². The minimum atomic E-state index is -0.454. The van der Waals surface area contributed by atoms with Crippen LogP contribution in [0.15, 0.2) is 63.7 Å². The lowest BCUT2D eigenvalue weighted by atomic mass is 10.1. The Balaban J connectivity index is 1.81. The fraction of sp³-hybridized carbons (Fsp3) is 0. The van der Waals surface area contributed by atoms with Gasteiger partial charge in [0.05, 0.1) is 5.56 Å². The molecule has 122 valence electrons. The Labute approximate surface area is 141 Å². The van der Waals surface area contributed by atoms with Crippen LogP contribution < -0.4 is 0 Å². The summed E-state index contributed by atoms with van der Waals surface area (Å²) in [6.07, 6.45) is 3.81. The molecule has 6 nitrogen and oxygen atoms in total. The maximum absolute atomic E-state index is 13.8. The zero-order valence-electron chi connectivity index (χ0n) is 12.7. The minimum absolute atomic E-state index is 0.144. The SMILES string of the molecule is O=Cc1ccc(-c2ccc(F)cc2-c2nnc(-c3ccncc3)o2)o1. The number of carbonyl (C=O) groups is 1. The second-order valence-electron chi connectivity index (χ2n) is 5.16. The maximum atomic E-state index is 13.8. The van der Waals surface area contributed by atoms with E-state index >= 15 is 0 Å².